The number of nitrogens with one attached hydrogen (secondary N) is 1. The van der Waals surface area contributed by atoms with Crippen molar-refractivity contribution in [2.75, 3.05) is 36.8 Å². The van der Waals surface area contributed by atoms with Crippen LogP contribution in [0.15, 0.2) is 37.1 Å². The van der Waals surface area contributed by atoms with E-state index in [2.05, 4.69) is 18.9 Å². The van der Waals surface area contributed by atoms with Crippen LogP contribution < -0.4 is 15.5 Å². The molecule has 0 radical (unpaired) electrons. The third kappa shape index (κ3) is 7.31. The molecule has 1 aromatic heterocycles. The minimum atomic E-state index is 0.0865. The van der Waals surface area contributed by atoms with E-state index in [4.69, 9.17) is 4.98 Å². The summed E-state index contributed by atoms with van der Waals surface area (Å²) in [6.07, 6.45) is 11.3. The Morgan fingerprint density at radius 1 is 1.26 bits per heavy atom. The molecule has 1 fully saturated rings. The second-order valence-corrected chi connectivity index (χ2v) is 8.83. The standard InChI is InChI=1S/C20H30N4O2S.C4H8/c1-3-22-24(26)18-13-16(23(2)11-12-25)9-10-17(18)19-14-21-20(27-19)15-7-5-4-6-8-15;1-3-4-2/h9-10,13-15,22,25-26H,3-8,11-12H2,1-2H3;3H,1,4H2,2H3. The van der Waals surface area contributed by atoms with Crippen LogP contribution in [-0.2, 0) is 0 Å². The first kappa shape index (κ1) is 25.3. The van der Waals surface area contributed by atoms with E-state index in [9.17, 15) is 10.3 Å². The molecule has 0 bridgehead atoms. The van der Waals surface area contributed by atoms with Gasteiger partial charge >= 0.3 is 0 Å². The first-order valence-corrected chi connectivity index (χ1v) is 12.1. The molecule has 0 atom stereocenters. The smallest absolute Gasteiger partial charge is 0.0962 e. The Kier molecular flexibility index (Phi) is 11.0. The van der Waals surface area contributed by atoms with Gasteiger partial charge in [0, 0.05) is 43.5 Å². The van der Waals surface area contributed by atoms with Crippen molar-refractivity contribution in [2.45, 2.75) is 58.3 Å². The Morgan fingerprint density at radius 3 is 2.58 bits per heavy atom. The van der Waals surface area contributed by atoms with Crippen molar-refractivity contribution >= 4 is 22.7 Å². The normalized spacial score (nSPS) is 14.0. The number of aromatic nitrogens is 1. The number of aliphatic hydroxyl groups excluding tert-OH is 1. The summed E-state index contributed by atoms with van der Waals surface area (Å²) in [5.41, 5.74) is 5.54. The van der Waals surface area contributed by atoms with Gasteiger partial charge in [0.05, 0.1) is 22.2 Å². The first-order valence-electron chi connectivity index (χ1n) is 11.3. The average Bonchev–Trinajstić information content (AvgIpc) is 3.30. The van der Waals surface area contributed by atoms with Crippen LogP contribution >= 0.6 is 11.3 Å². The van der Waals surface area contributed by atoms with Gasteiger partial charge in [-0.3, -0.25) is 5.21 Å². The molecular weight excluding hydrogens is 408 g/mol. The van der Waals surface area contributed by atoms with Crippen molar-refractivity contribution in [2.24, 2.45) is 0 Å². The van der Waals surface area contributed by atoms with Crippen LogP contribution in [0, 0.1) is 0 Å². The van der Waals surface area contributed by atoms with Gasteiger partial charge in [-0.2, -0.15) is 5.17 Å². The SMILES string of the molecule is C=CCC.CCNN(O)c1cc(N(C)CCO)ccc1-c1cnc(C2CCCCC2)s1. The highest BCUT2D eigenvalue weighted by atomic mass is 32.1. The molecule has 3 rings (SSSR count). The average molecular weight is 447 g/mol. The van der Waals surface area contributed by atoms with Crippen LogP contribution in [0.4, 0.5) is 11.4 Å². The van der Waals surface area contributed by atoms with Gasteiger partial charge in [-0.15, -0.1) is 17.9 Å². The number of anilines is 2. The molecule has 7 heteroatoms. The second-order valence-electron chi connectivity index (χ2n) is 7.76. The third-order valence-electron chi connectivity index (χ3n) is 5.43. The lowest BCUT2D eigenvalue weighted by Gasteiger charge is -2.24. The number of hydrazine groups is 1. The molecular formula is C24H38N4O2S. The number of hydrogen-bond donors (Lipinski definition) is 3. The van der Waals surface area contributed by atoms with Crippen molar-refractivity contribution in [3.05, 3.63) is 42.1 Å². The molecule has 0 unspecified atom stereocenters. The van der Waals surface area contributed by atoms with Crippen molar-refractivity contribution in [1.82, 2.24) is 10.4 Å². The zero-order valence-electron chi connectivity index (χ0n) is 19.2. The molecule has 0 saturated heterocycles. The molecule has 3 N–H and O–H groups in total. The van der Waals surface area contributed by atoms with Gasteiger partial charge in [-0.1, -0.05) is 39.2 Å². The number of nitrogens with zero attached hydrogens (tertiary/aromatic N) is 3. The van der Waals surface area contributed by atoms with Crippen LogP contribution in [0.3, 0.4) is 0 Å². The van der Waals surface area contributed by atoms with Gasteiger partial charge in [-0.25, -0.2) is 10.4 Å². The second kappa shape index (κ2) is 13.5. The minimum absolute atomic E-state index is 0.0865. The van der Waals surface area contributed by atoms with Gasteiger partial charge in [-0.05, 0) is 37.5 Å². The molecule has 1 saturated carbocycles. The number of aliphatic hydroxyl groups is 1. The predicted molar refractivity (Wildman–Crippen MR) is 132 cm³/mol. The fraction of sp³-hybridized carbons (Fsp3) is 0.542. The number of allylic oxidation sites excluding steroid dienone is 1. The molecule has 172 valence electrons. The monoisotopic (exact) mass is 446 g/mol. The molecule has 1 aliphatic rings. The fourth-order valence-electron chi connectivity index (χ4n) is 3.61. The summed E-state index contributed by atoms with van der Waals surface area (Å²) in [5, 5.41) is 22.0. The van der Waals surface area contributed by atoms with E-state index in [1.54, 1.807) is 11.3 Å². The van der Waals surface area contributed by atoms with Crippen molar-refractivity contribution in [3.8, 4) is 10.4 Å². The molecule has 1 aromatic carbocycles. The number of likely N-dealkylation sites (N-methyl/N-ethyl adjacent to an activating group) is 1. The highest BCUT2D eigenvalue weighted by Gasteiger charge is 2.21. The Bertz CT molecular complexity index is 790. The molecule has 1 heterocycles. The van der Waals surface area contributed by atoms with Gasteiger partial charge in [0.2, 0.25) is 0 Å². The maximum atomic E-state index is 10.5. The van der Waals surface area contributed by atoms with E-state index in [-0.39, 0.29) is 6.61 Å². The van der Waals surface area contributed by atoms with Crippen LogP contribution in [0.2, 0.25) is 0 Å². The number of hydrogen-bond acceptors (Lipinski definition) is 7. The molecule has 31 heavy (non-hydrogen) atoms. The van der Waals surface area contributed by atoms with E-state index in [0.717, 1.165) is 27.7 Å². The van der Waals surface area contributed by atoms with E-state index in [1.165, 1.54) is 37.1 Å². The number of benzene rings is 1. The molecule has 2 aromatic rings. The Morgan fingerprint density at radius 2 is 1.97 bits per heavy atom. The van der Waals surface area contributed by atoms with Gasteiger partial charge in [0.15, 0.2) is 0 Å². The molecule has 0 spiro atoms. The van der Waals surface area contributed by atoms with E-state index in [0.29, 0.717) is 24.7 Å². The summed E-state index contributed by atoms with van der Waals surface area (Å²) in [4.78, 5) is 7.74. The lowest BCUT2D eigenvalue weighted by molar-refractivity contribution is 0.214. The quantitative estimate of drug-likeness (QED) is 0.345. The van der Waals surface area contributed by atoms with E-state index >= 15 is 0 Å². The highest BCUT2D eigenvalue weighted by molar-refractivity contribution is 7.15. The number of rotatable bonds is 9. The maximum absolute atomic E-state index is 10.5. The maximum Gasteiger partial charge on any atom is 0.0962 e. The van der Waals surface area contributed by atoms with Crippen molar-refractivity contribution in [3.63, 3.8) is 0 Å². The van der Waals surface area contributed by atoms with Crippen LogP contribution in [-0.4, -0.2) is 42.0 Å². The summed E-state index contributed by atoms with van der Waals surface area (Å²) in [5.74, 6) is 0.579. The Labute approximate surface area is 191 Å². The van der Waals surface area contributed by atoms with E-state index < -0.39 is 0 Å². The minimum Gasteiger partial charge on any atom is -0.395 e. The van der Waals surface area contributed by atoms with E-state index in [1.807, 2.05) is 49.3 Å². The van der Waals surface area contributed by atoms with Crippen LogP contribution in [0.25, 0.3) is 10.4 Å². The summed E-state index contributed by atoms with van der Waals surface area (Å²) < 4.78 is 0. The summed E-state index contributed by atoms with van der Waals surface area (Å²) in [6, 6.07) is 5.99. The van der Waals surface area contributed by atoms with Gasteiger partial charge in [0.1, 0.15) is 0 Å². The van der Waals surface area contributed by atoms with Crippen LogP contribution in [0.5, 0.6) is 0 Å². The largest absolute Gasteiger partial charge is 0.395 e. The zero-order valence-corrected chi connectivity index (χ0v) is 20.0. The lowest BCUT2D eigenvalue weighted by Crippen LogP contribution is -2.35. The Hall–Kier alpha value is -1.93. The van der Waals surface area contributed by atoms with Gasteiger partial charge < -0.3 is 10.0 Å². The van der Waals surface area contributed by atoms with Gasteiger partial charge in [0.25, 0.3) is 0 Å². The highest BCUT2D eigenvalue weighted by Crippen LogP contribution is 2.40. The van der Waals surface area contributed by atoms with Crippen molar-refractivity contribution in [1.29, 1.82) is 0 Å². The predicted octanol–water partition coefficient (Wildman–Crippen LogP) is 5.59. The lowest BCUT2D eigenvalue weighted by atomic mass is 9.90. The fourth-order valence-corrected chi connectivity index (χ4v) is 4.73. The number of thiazole rings is 1. The topological polar surface area (TPSA) is 71.9 Å². The summed E-state index contributed by atoms with van der Waals surface area (Å²) >= 11 is 1.74. The molecule has 1 aliphatic carbocycles. The first-order chi connectivity index (χ1) is 15.0. The summed E-state index contributed by atoms with van der Waals surface area (Å²) in [6.45, 7) is 8.72. The third-order valence-corrected chi connectivity index (χ3v) is 6.62. The summed E-state index contributed by atoms with van der Waals surface area (Å²) in [7, 11) is 1.93. The zero-order chi connectivity index (χ0) is 22.6. The molecule has 6 nitrogen and oxygen atoms in total. The Balaban J connectivity index is 0.000000785. The van der Waals surface area contributed by atoms with Crippen molar-refractivity contribution < 1.29 is 10.3 Å². The van der Waals surface area contributed by atoms with Crippen LogP contribution in [0.1, 0.15) is 63.3 Å². The molecule has 0 aliphatic heterocycles. The molecule has 0 amide bonds.